The smallest absolute Gasteiger partial charge is 0.748 e. The van der Waals surface area contributed by atoms with Gasteiger partial charge in [0.25, 0.3) is 0 Å². The molecule has 0 amide bonds. The quantitative estimate of drug-likeness (QED) is 0.416. The predicted octanol–water partition coefficient (Wildman–Crippen LogP) is -1.74. The van der Waals surface area contributed by atoms with E-state index in [1.807, 2.05) is 0 Å². The minimum atomic E-state index is -3.97. The van der Waals surface area contributed by atoms with E-state index < -0.39 is 18.2 Å². The molecule has 0 heterocycles. The minimum Gasteiger partial charge on any atom is -0.748 e. The van der Waals surface area contributed by atoms with E-state index in [0.29, 0.717) is 6.42 Å². The standard InChI is InChI=1S/C6H16O3SSi.Na/c1-11(2,3)6-4-5-10(7,8)9;/h4-6H2,1-3H3,(H,7,8,9);/q;+1/p-1. The number of rotatable bonds is 4. The van der Waals surface area contributed by atoms with Crippen molar-refractivity contribution in [1.29, 1.82) is 0 Å². The third kappa shape index (κ3) is 13.7. The van der Waals surface area contributed by atoms with Crippen molar-refractivity contribution < 1.29 is 42.5 Å². The first-order valence-corrected chi connectivity index (χ1v) is 8.93. The molecule has 0 saturated heterocycles. The molecule has 0 unspecified atom stereocenters. The van der Waals surface area contributed by atoms with Gasteiger partial charge >= 0.3 is 29.6 Å². The molecule has 68 valence electrons. The zero-order chi connectivity index (χ0) is 9.12. The van der Waals surface area contributed by atoms with Crippen molar-refractivity contribution in [2.75, 3.05) is 5.75 Å². The van der Waals surface area contributed by atoms with Crippen LogP contribution in [0, 0.1) is 0 Å². The van der Waals surface area contributed by atoms with E-state index >= 15 is 0 Å². The first kappa shape index (κ1) is 15.6. The summed E-state index contributed by atoms with van der Waals surface area (Å²) in [4.78, 5) is 0. The fourth-order valence-electron chi connectivity index (χ4n) is 0.779. The Bertz CT molecular complexity index is 207. The molecule has 12 heavy (non-hydrogen) atoms. The summed E-state index contributed by atoms with van der Waals surface area (Å²) in [5, 5.41) is 0. The predicted molar refractivity (Wildman–Crippen MR) is 47.3 cm³/mol. The van der Waals surface area contributed by atoms with Crippen LogP contribution in [-0.2, 0) is 10.1 Å². The van der Waals surface area contributed by atoms with Crippen molar-refractivity contribution in [2.24, 2.45) is 0 Å². The van der Waals surface area contributed by atoms with Gasteiger partial charge in [-0.3, -0.25) is 0 Å². The molecule has 0 aromatic heterocycles. The average molecular weight is 218 g/mol. The van der Waals surface area contributed by atoms with Crippen LogP contribution in [0.5, 0.6) is 0 Å². The van der Waals surface area contributed by atoms with Crippen LogP contribution in [0.4, 0.5) is 0 Å². The molecular weight excluding hydrogens is 203 g/mol. The van der Waals surface area contributed by atoms with E-state index in [-0.39, 0.29) is 35.3 Å². The summed E-state index contributed by atoms with van der Waals surface area (Å²) in [6.07, 6.45) is 0.529. The van der Waals surface area contributed by atoms with Crippen LogP contribution in [-0.4, -0.2) is 26.8 Å². The van der Waals surface area contributed by atoms with Gasteiger partial charge in [-0.2, -0.15) is 0 Å². The van der Waals surface area contributed by atoms with Crippen LogP contribution < -0.4 is 29.6 Å². The monoisotopic (exact) mass is 218 g/mol. The second-order valence-corrected chi connectivity index (χ2v) is 11.1. The van der Waals surface area contributed by atoms with Gasteiger partial charge in [-0.25, -0.2) is 8.42 Å². The van der Waals surface area contributed by atoms with Crippen LogP contribution >= 0.6 is 0 Å². The van der Waals surface area contributed by atoms with Crippen LogP contribution in [0.15, 0.2) is 0 Å². The molecule has 0 aromatic carbocycles. The Morgan fingerprint density at radius 1 is 1.25 bits per heavy atom. The molecule has 0 radical (unpaired) electrons. The molecule has 3 nitrogen and oxygen atoms in total. The first-order valence-electron chi connectivity index (χ1n) is 3.64. The average Bonchev–Trinajstić information content (AvgIpc) is 1.55. The number of hydrogen-bond donors (Lipinski definition) is 0. The minimum absolute atomic E-state index is 0. The molecule has 0 N–H and O–H groups in total. The molecule has 6 heteroatoms. The maximum Gasteiger partial charge on any atom is 1.00 e. The summed E-state index contributed by atoms with van der Waals surface area (Å²) in [6, 6.07) is 0.911. The topological polar surface area (TPSA) is 57.2 Å². The van der Waals surface area contributed by atoms with E-state index in [4.69, 9.17) is 0 Å². The maximum absolute atomic E-state index is 10.2. The molecule has 0 aliphatic heterocycles. The van der Waals surface area contributed by atoms with E-state index in [1.165, 1.54) is 0 Å². The Hall–Kier alpha value is 1.13. The fourth-order valence-corrected chi connectivity index (χ4v) is 2.77. The molecule has 0 aromatic rings. The van der Waals surface area contributed by atoms with E-state index in [1.54, 1.807) is 0 Å². The second kappa shape index (κ2) is 5.77. The normalized spacial score (nSPS) is 12.3. The van der Waals surface area contributed by atoms with Gasteiger partial charge in [-0.15, -0.1) is 0 Å². The molecule has 0 rings (SSSR count). The van der Waals surface area contributed by atoms with Crippen LogP contribution in [0.1, 0.15) is 6.42 Å². The molecule has 0 fully saturated rings. The largest absolute Gasteiger partial charge is 1.00 e. The van der Waals surface area contributed by atoms with Gasteiger partial charge in [0.1, 0.15) is 0 Å². The Morgan fingerprint density at radius 2 is 1.67 bits per heavy atom. The summed E-state index contributed by atoms with van der Waals surface area (Å²) < 4.78 is 30.5. The van der Waals surface area contributed by atoms with Crippen molar-refractivity contribution in [3.63, 3.8) is 0 Å². The summed E-state index contributed by atoms with van der Waals surface area (Å²) in [7, 11) is -5.13. The van der Waals surface area contributed by atoms with Crippen molar-refractivity contribution in [3.8, 4) is 0 Å². The zero-order valence-corrected chi connectivity index (χ0v) is 12.1. The van der Waals surface area contributed by atoms with Crippen LogP contribution in [0.2, 0.25) is 25.7 Å². The van der Waals surface area contributed by atoms with Crippen molar-refractivity contribution in [1.82, 2.24) is 0 Å². The molecule has 0 saturated carbocycles. The Kier molecular flexibility index (Phi) is 7.50. The summed E-state index contributed by atoms with van der Waals surface area (Å²) in [5.41, 5.74) is 0. The van der Waals surface area contributed by atoms with Crippen molar-refractivity contribution in [2.45, 2.75) is 32.1 Å². The molecule has 0 aliphatic carbocycles. The molecular formula is C6H15NaO3SSi. The SMILES string of the molecule is C[Si](C)(C)CCCS(=O)(=O)[O-].[Na+]. The van der Waals surface area contributed by atoms with E-state index in [9.17, 15) is 13.0 Å². The Morgan fingerprint density at radius 3 is 1.92 bits per heavy atom. The third-order valence-corrected chi connectivity index (χ3v) is 3.96. The van der Waals surface area contributed by atoms with E-state index in [0.717, 1.165) is 6.04 Å². The van der Waals surface area contributed by atoms with Crippen LogP contribution in [0.3, 0.4) is 0 Å². The second-order valence-electron chi connectivity index (χ2n) is 3.93. The number of hydrogen-bond acceptors (Lipinski definition) is 3. The summed E-state index contributed by atoms with van der Waals surface area (Å²) in [5.74, 6) is -0.197. The van der Waals surface area contributed by atoms with Crippen molar-refractivity contribution >= 4 is 18.2 Å². The molecule has 0 aliphatic rings. The van der Waals surface area contributed by atoms with Gasteiger partial charge in [0.05, 0.1) is 10.1 Å². The van der Waals surface area contributed by atoms with Gasteiger partial charge in [0.15, 0.2) is 0 Å². The maximum atomic E-state index is 10.2. The Labute approximate surface area is 98.0 Å². The van der Waals surface area contributed by atoms with E-state index in [2.05, 4.69) is 19.6 Å². The van der Waals surface area contributed by atoms with Gasteiger partial charge in [-0.1, -0.05) is 25.7 Å². The molecule has 0 atom stereocenters. The Balaban J connectivity index is 0. The van der Waals surface area contributed by atoms with Crippen molar-refractivity contribution in [3.05, 3.63) is 0 Å². The first-order chi connectivity index (χ1) is 4.71. The zero-order valence-electron chi connectivity index (χ0n) is 8.25. The molecule has 0 bridgehead atoms. The summed E-state index contributed by atoms with van der Waals surface area (Å²) in [6.45, 7) is 6.47. The molecule has 0 spiro atoms. The van der Waals surface area contributed by atoms with Crippen LogP contribution in [0.25, 0.3) is 0 Å². The third-order valence-electron chi connectivity index (χ3n) is 1.32. The van der Waals surface area contributed by atoms with Gasteiger partial charge < -0.3 is 4.55 Å². The van der Waals surface area contributed by atoms with Gasteiger partial charge in [-0.05, 0) is 6.42 Å². The summed E-state index contributed by atoms with van der Waals surface area (Å²) >= 11 is 0. The fraction of sp³-hybridized carbons (Fsp3) is 1.00. The van der Waals surface area contributed by atoms with Gasteiger partial charge in [0.2, 0.25) is 0 Å². The van der Waals surface area contributed by atoms with Gasteiger partial charge in [0, 0.05) is 13.8 Å².